The molecular weight excluding hydrogens is 371 g/mol. The molecule has 0 N–H and O–H groups in total. The summed E-state index contributed by atoms with van der Waals surface area (Å²) in [5.41, 5.74) is 6.39. The van der Waals surface area contributed by atoms with E-state index in [0.29, 0.717) is 0 Å². The molecule has 0 aromatic heterocycles. The van der Waals surface area contributed by atoms with Crippen LogP contribution in [0.1, 0.15) is 11.1 Å². The van der Waals surface area contributed by atoms with Crippen LogP contribution in [-0.2, 0) is 0 Å². The number of rotatable bonds is 4. The van der Waals surface area contributed by atoms with Crippen LogP contribution in [0.4, 0.5) is 0 Å². The lowest BCUT2D eigenvalue weighted by Gasteiger charge is -2.13. The summed E-state index contributed by atoms with van der Waals surface area (Å²) in [6, 6.07) is 32.2. The SMILES string of the molecule is Clc1cccc(-c2ccccc2[C]c2ccccc2-c2cccc(Cl)c2)c1. The lowest BCUT2D eigenvalue weighted by molar-refractivity contribution is 1.42. The lowest BCUT2D eigenvalue weighted by atomic mass is 9.91. The molecule has 130 valence electrons. The highest BCUT2D eigenvalue weighted by molar-refractivity contribution is 6.31. The van der Waals surface area contributed by atoms with E-state index in [-0.39, 0.29) is 0 Å². The third-order valence-corrected chi connectivity index (χ3v) is 4.86. The Morgan fingerprint density at radius 2 is 0.926 bits per heavy atom. The molecule has 0 saturated heterocycles. The van der Waals surface area contributed by atoms with Gasteiger partial charge in [-0.05, 0) is 57.6 Å². The van der Waals surface area contributed by atoms with Gasteiger partial charge in [0.2, 0.25) is 0 Å². The predicted molar refractivity (Wildman–Crippen MR) is 115 cm³/mol. The second kappa shape index (κ2) is 8.00. The molecule has 4 rings (SSSR count). The molecule has 0 amide bonds. The van der Waals surface area contributed by atoms with E-state index >= 15 is 0 Å². The molecule has 0 aliphatic heterocycles. The van der Waals surface area contributed by atoms with Gasteiger partial charge in [-0.2, -0.15) is 0 Å². The summed E-state index contributed by atoms with van der Waals surface area (Å²) >= 11 is 12.4. The van der Waals surface area contributed by atoms with Crippen LogP contribution < -0.4 is 0 Å². The number of halogens is 2. The van der Waals surface area contributed by atoms with E-state index in [1.165, 1.54) is 0 Å². The molecule has 0 aliphatic rings. The Morgan fingerprint density at radius 3 is 1.37 bits per heavy atom. The van der Waals surface area contributed by atoms with E-state index < -0.39 is 0 Å². The van der Waals surface area contributed by atoms with Gasteiger partial charge >= 0.3 is 0 Å². The van der Waals surface area contributed by atoms with Crippen molar-refractivity contribution in [1.29, 1.82) is 0 Å². The normalized spacial score (nSPS) is 10.7. The van der Waals surface area contributed by atoms with Crippen molar-refractivity contribution in [3.8, 4) is 22.3 Å². The maximum Gasteiger partial charge on any atom is 0.0514 e. The first-order valence-corrected chi connectivity index (χ1v) is 9.43. The summed E-state index contributed by atoms with van der Waals surface area (Å²) in [6.07, 6.45) is 3.59. The average molecular weight is 387 g/mol. The molecule has 2 heteroatoms. The molecule has 4 aromatic carbocycles. The Kier molecular flexibility index (Phi) is 5.29. The first-order valence-electron chi connectivity index (χ1n) is 8.68. The van der Waals surface area contributed by atoms with Crippen LogP contribution in [0.5, 0.6) is 0 Å². The Labute approximate surface area is 170 Å². The molecule has 0 bridgehead atoms. The van der Waals surface area contributed by atoms with Gasteiger partial charge in [-0.1, -0.05) is 96.0 Å². The molecule has 2 radical (unpaired) electrons. The molecule has 0 aliphatic carbocycles. The van der Waals surface area contributed by atoms with Gasteiger partial charge in [0.05, 0.1) is 6.42 Å². The Balaban J connectivity index is 1.77. The van der Waals surface area contributed by atoms with E-state index in [2.05, 4.69) is 42.8 Å². The maximum absolute atomic E-state index is 6.19. The van der Waals surface area contributed by atoms with Gasteiger partial charge in [-0.25, -0.2) is 0 Å². The van der Waals surface area contributed by atoms with Gasteiger partial charge in [-0.15, -0.1) is 0 Å². The zero-order valence-corrected chi connectivity index (χ0v) is 16.0. The lowest BCUT2D eigenvalue weighted by Crippen LogP contribution is -1.93. The first kappa shape index (κ1) is 17.9. The minimum Gasteiger partial charge on any atom is -0.0843 e. The summed E-state index contributed by atoms with van der Waals surface area (Å²) in [4.78, 5) is 0. The average Bonchev–Trinajstić information content (AvgIpc) is 2.69. The summed E-state index contributed by atoms with van der Waals surface area (Å²) in [7, 11) is 0. The van der Waals surface area contributed by atoms with Crippen LogP contribution in [0.2, 0.25) is 10.0 Å². The zero-order valence-electron chi connectivity index (χ0n) is 14.5. The minimum atomic E-state index is 0.724. The van der Waals surface area contributed by atoms with E-state index in [1.807, 2.05) is 60.7 Å². The molecule has 0 atom stereocenters. The van der Waals surface area contributed by atoms with Crippen molar-refractivity contribution in [1.82, 2.24) is 0 Å². The smallest absolute Gasteiger partial charge is 0.0514 e. The third-order valence-electron chi connectivity index (χ3n) is 4.39. The molecule has 4 aromatic rings. The summed E-state index contributed by atoms with van der Waals surface area (Å²) < 4.78 is 0. The van der Waals surface area contributed by atoms with Crippen molar-refractivity contribution in [2.75, 3.05) is 0 Å². The molecule has 0 nitrogen and oxygen atoms in total. The molecule has 0 saturated carbocycles. The Morgan fingerprint density at radius 1 is 0.481 bits per heavy atom. The van der Waals surface area contributed by atoms with Crippen LogP contribution in [0, 0.1) is 6.42 Å². The zero-order chi connectivity index (χ0) is 18.6. The summed E-state index contributed by atoms with van der Waals surface area (Å²) in [5, 5.41) is 1.45. The van der Waals surface area contributed by atoms with Gasteiger partial charge < -0.3 is 0 Å². The van der Waals surface area contributed by atoms with Gasteiger partial charge in [0, 0.05) is 10.0 Å². The monoisotopic (exact) mass is 386 g/mol. The number of hydrogen-bond acceptors (Lipinski definition) is 0. The van der Waals surface area contributed by atoms with Crippen molar-refractivity contribution in [3.63, 3.8) is 0 Å². The fraction of sp³-hybridized carbons (Fsp3) is 0. The maximum atomic E-state index is 6.19. The highest BCUT2D eigenvalue weighted by atomic mass is 35.5. The molecule has 27 heavy (non-hydrogen) atoms. The van der Waals surface area contributed by atoms with E-state index in [0.717, 1.165) is 43.4 Å². The molecular formula is C25H16Cl2. The van der Waals surface area contributed by atoms with Crippen LogP contribution in [0.3, 0.4) is 0 Å². The van der Waals surface area contributed by atoms with E-state index in [1.54, 1.807) is 0 Å². The standard InChI is InChI=1S/C25H16Cl2/c26-22-11-5-9-20(16-22)24-13-3-1-7-18(24)15-19-8-2-4-14-25(19)21-10-6-12-23(27)17-21/h1-14,16-17H. The molecule has 0 fully saturated rings. The molecule has 0 spiro atoms. The van der Waals surface area contributed by atoms with Crippen LogP contribution in [0.25, 0.3) is 22.3 Å². The van der Waals surface area contributed by atoms with Gasteiger partial charge in [0.25, 0.3) is 0 Å². The van der Waals surface area contributed by atoms with E-state index in [9.17, 15) is 0 Å². The first-order chi connectivity index (χ1) is 13.2. The van der Waals surface area contributed by atoms with Crippen molar-refractivity contribution < 1.29 is 0 Å². The number of hydrogen-bond donors (Lipinski definition) is 0. The summed E-state index contributed by atoms with van der Waals surface area (Å²) in [6.45, 7) is 0. The second-order valence-corrected chi connectivity index (χ2v) is 7.11. The van der Waals surface area contributed by atoms with Crippen LogP contribution >= 0.6 is 23.2 Å². The summed E-state index contributed by atoms with van der Waals surface area (Å²) in [5.74, 6) is 0. The van der Waals surface area contributed by atoms with Crippen LogP contribution in [-0.4, -0.2) is 0 Å². The van der Waals surface area contributed by atoms with Gasteiger partial charge in [-0.3, -0.25) is 0 Å². The topological polar surface area (TPSA) is 0 Å². The number of benzene rings is 4. The van der Waals surface area contributed by atoms with Crippen molar-refractivity contribution in [2.45, 2.75) is 0 Å². The fourth-order valence-corrected chi connectivity index (χ4v) is 3.53. The highest BCUT2D eigenvalue weighted by Gasteiger charge is 2.11. The van der Waals surface area contributed by atoms with Gasteiger partial charge in [0.15, 0.2) is 0 Å². The predicted octanol–water partition coefficient (Wildman–Crippen LogP) is 7.81. The van der Waals surface area contributed by atoms with Crippen molar-refractivity contribution in [3.05, 3.63) is 125 Å². The van der Waals surface area contributed by atoms with Crippen molar-refractivity contribution in [2.24, 2.45) is 0 Å². The largest absolute Gasteiger partial charge is 0.0843 e. The minimum absolute atomic E-state index is 0.724. The van der Waals surface area contributed by atoms with Crippen molar-refractivity contribution >= 4 is 23.2 Å². The molecule has 0 unspecified atom stereocenters. The van der Waals surface area contributed by atoms with E-state index in [4.69, 9.17) is 23.2 Å². The quantitative estimate of drug-likeness (QED) is 0.335. The Hall–Kier alpha value is -2.54. The third kappa shape index (κ3) is 4.08. The fourth-order valence-electron chi connectivity index (χ4n) is 3.14. The van der Waals surface area contributed by atoms with Gasteiger partial charge in [0.1, 0.15) is 0 Å². The highest BCUT2D eigenvalue weighted by Crippen LogP contribution is 2.32. The molecule has 0 heterocycles. The van der Waals surface area contributed by atoms with Crippen LogP contribution in [0.15, 0.2) is 97.1 Å². The second-order valence-electron chi connectivity index (χ2n) is 6.24. The Bertz CT molecular complexity index is 996.